The summed E-state index contributed by atoms with van der Waals surface area (Å²) in [7, 11) is 0. The van der Waals surface area contributed by atoms with E-state index >= 15 is 0 Å². The van der Waals surface area contributed by atoms with Crippen molar-refractivity contribution in [3.63, 3.8) is 0 Å². The van der Waals surface area contributed by atoms with Gasteiger partial charge in [0.15, 0.2) is 11.4 Å². The van der Waals surface area contributed by atoms with Crippen LogP contribution in [0.25, 0.3) is 0 Å². The zero-order valence-electron chi connectivity index (χ0n) is 14.9. The molecule has 144 valence electrons. The molecule has 3 fully saturated rings. The number of fused-ring (bicyclic) bond motifs is 5. The summed E-state index contributed by atoms with van der Waals surface area (Å²) in [6.07, 6.45) is 0.216. The number of ketones is 1. The number of aliphatic hydroxyl groups is 3. The van der Waals surface area contributed by atoms with Crippen LogP contribution in [-0.2, 0) is 4.79 Å². The molecule has 3 saturated carbocycles. The van der Waals surface area contributed by atoms with Crippen LogP contribution in [0.3, 0.4) is 0 Å². The molecule has 4 aliphatic rings. The number of ether oxygens (including phenoxy) is 1. The average Bonchev–Trinajstić information content (AvgIpc) is 2.81. The van der Waals surface area contributed by atoms with Crippen molar-refractivity contribution in [3.8, 4) is 11.5 Å². The van der Waals surface area contributed by atoms with Gasteiger partial charge in [-0.05, 0) is 39.8 Å². The smallest absolute Gasteiger partial charge is 0.172 e. The molecule has 0 saturated heterocycles. The van der Waals surface area contributed by atoms with E-state index in [0.717, 1.165) is 5.56 Å². The van der Waals surface area contributed by atoms with Crippen molar-refractivity contribution >= 4 is 21.7 Å². The lowest BCUT2D eigenvalue weighted by Crippen LogP contribution is -2.66. The molecule has 0 radical (unpaired) electrons. The van der Waals surface area contributed by atoms with Crippen molar-refractivity contribution in [2.45, 2.75) is 49.9 Å². The van der Waals surface area contributed by atoms with E-state index in [1.54, 1.807) is 6.07 Å². The van der Waals surface area contributed by atoms with Crippen LogP contribution in [0.4, 0.5) is 0 Å². The van der Waals surface area contributed by atoms with E-state index in [1.807, 2.05) is 13.8 Å². The molecule has 7 heteroatoms. The highest BCUT2D eigenvalue weighted by atomic mass is 79.9. The Bertz CT molecular complexity index is 923. The predicted molar refractivity (Wildman–Crippen MR) is 98.2 cm³/mol. The fraction of sp³-hybridized carbons (Fsp3) is 0.550. The minimum Gasteiger partial charge on any atom is -0.507 e. The summed E-state index contributed by atoms with van der Waals surface area (Å²) >= 11 is 3.33. The largest absolute Gasteiger partial charge is 0.507 e. The first-order chi connectivity index (χ1) is 12.5. The Kier molecular flexibility index (Phi) is 3.24. The molecule has 2 bridgehead atoms. The second-order valence-corrected chi connectivity index (χ2v) is 9.89. The predicted octanol–water partition coefficient (Wildman–Crippen LogP) is 1.99. The molecule has 1 aromatic carbocycles. The molecule has 4 N–H and O–H groups in total. The molecule has 3 aliphatic carbocycles. The standard InChI is InChI=1S/C20H21BrO6/c1-18(2)9-5-19(25)6-14(23)20(26,16(9)17(19)24)10-7-27-13-4-12(22)11(21)3-8(13)15(10)18/h3-4,7,9,15-17,22,24-26H,5-6H2,1-2H3. The maximum Gasteiger partial charge on any atom is 0.172 e. The normalized spacial score (nSPS) is 43.5. The second kappa shape index (κ2) is 4.95. The van der Waals surface area contributed by atoms with Crippen molar-refractivity contribution in [3.05, 3.63) is 34.0 Å². The highest BCUT2D eigenvalue weighted by Crippen LogP contribution is 2.69. The summed E-state index contributed by atoms with van der Waals surface area (Å²) in [4.78, 5) is 13.0. The number of Topliss-reactive ketones (excluding diaryl/α,β-unsaturated/α-hetero) is 1. The van der Waals surface area contributed by atoms with Gasteiger partial charge in [0.25, 0.3) is 0 Å². The number of benzene rings is 1. The van der Waals surface area contributed by atoms with Crippen molar-refractivity contribution in [1.82, 2.24) is 0 Å². The lowest BCUT2D eigenvalue weighted by molar-refractivity contribution is -0.180. The number of halogens is 1. The number of hydrogen-bond acceptors (Lipinski definition) is 6. The number of aromatic hydroxyl groups is 1. The van der Waals surface area contributed by atoms with Gasteiger partial charge in [0.05, 0.1) is 22.4 Å². The van der Waals surface area contributed by atoms with Crippen LogP contribution in [0.15, 0.2) is 28.4 Å². The third-order valence-corrected chi connectivity index (χ3v) is 8.06. The van der Waals surface area contributed by atoms with Gasteiger partial charge in [-0.1, -0.05) is 13.8 Å². The highest BCUT2D eigenvalue weighted by molar-refractivity contribution is 9.10. The lowest BCUT2D eigenvalue weighted by atomic mass is 9.49. The Morgan fingerprint density at radius 2 is 1.96 bits per heavy atom. The Labute approximate surface area is 164 Å². The van der Waals surface area contributed by atoms with Crippen LogP contribution in [0, 0.1) is 17.3 Å². The molecular weight excluding hydrogens is 416 g/mol. The molecule has 5 rings (SSSR count). The summed E-state index contributed by atoms with van der Waals surface area (Å²) in [6, 6.07) is 3.26. The van der Waals surface area contributed by atoms with Gasteiger partial charge in [0.2, 0.25) is 0 Å². The van der Waals surface area contributed by atoms with Crippen molar-refractivity contribution in [1.29, 1.82) is 0 Å². The summed E-state index contributed by atoms with van der Waals surface area (Å²) in [5.74, 6) is -1.33. The minimum absolute atomic E-state index is 0.0402. The van der Waals surface area contributed by atoms with E-state index in [0.29, 0.717) is 15.8 Å². The van der Waals surface area contributed by atoms with Gasteiger partial charge in [-0.25, -0.2) is 0 Å². The molecule has 0 aromatic heterocycles. The van der Waals surface area contributed by atoms with Crippen LogP contribution >= 0.6 is 15.9 Å². The van der Waals surface area contributed by atoms with E-state index in [9.17, 15) is 25.2 Å². The number of phenols is 1. The maximum atomic E-state index is 13.0. The van der Waals surface area contributed by atoms with Crippen molar-refractivity contribution < 1.29 is 30.0 Å². The summed E-state index contributed by atoms with van der Waals surface area (Å²) < 4.78 is 6.19. The first kappa shape index (κ1) is 17.7. The topological polar surface area (TPSA) is 107 Å². The molecule has 1 aromatic rings. The van der Waals surface area contributed by atoms with Crippen molar-refractivity contribution in [2.75, 3.05) is 0 Å². The van der Waals surface area contributed by atoms with Gasteiger partial charge in [-0.3, -0.25) is 4.79 Å². The number of carbonyl (C=O) groups excluding carboxylic acids is 1. The Morgan fingerprint density at radius 1 is 1.26 bits per heavy atom. The van der Waals surface area contributed by atoms with Crippen LogP contribution in [0.2, 0.25) is 0 Å². The molecule has 27 heavy (non-hydrogen) atoms. The van der Waals surface area contributed by atoms with E-state index in [-0.39, 0.29) is 30.4 Å². The lowest BCUT2D eigenvalue weighted by Gasteiger charge is -2.57. The fourth-order valence-electron chi connectivity index (χ4n) is 6.13. The molecular formula is C20H21BrO6. The molecule has 1 heterocycles. The van der Waals surface area contributed by atoms with E-state index < -0.39 is 34.4 Å². The van der Waals surface area contributed by atoms with Gasteiger partial charge >= 0.3 is 0 Å². The van der Waals surface area contributed by atoms with Crippen molar-refractivity contribution in [2.24, 2.45) is 17.3 Å². The third kappa shape index (κ3) is 1.89. The maximum absolute atomic E-state index is 13.0. The highest BCUT2D eigenvalue weighted by Gasteiger charge is 2.75. The van der Waals surface area contributed by atoms with E-state index in [2.05, 4.69) is 15.9 Å². The van der Waals surface area contributed by atoms with Gasteiger partial charge in [-0.15, -0.1) is 0 Å². The molecule has 1 aliphatic heterocycles. The van der Waals surface area contributed by atoms with E-state index in [4.69, 9.17) is 4.74 Å². The van der Waals surface area contributed by atoms with Crippen LogP contribution in [-0.4, -0.2) is 43.5 Å². The average molecular weight is 437 g/mol. The van der Waals surface area contributed by atoms with Gasteiger partial charge in [0.1, 0.15) is 11.5 Å². The third-order valence-electron chi connectivity index (χ3n) is 7.43. The molecule has 6 nitrogen and oxygen atoms in total. The van der Waals surface area contributed by atoms with Crippen LogP contribution in [0.5, 0.6) is 11.5 Å². The van der Waals surface area contributed by atoms with Gasteiger partial charge in [0, 0.05) is 35.5 Å². The Hall–Kier alpha value is -1.41. The number of carbonyl (C=O) groups is 1. The second-order valence-electron chi connectivity index (χ2n) is 9.04. The summed E-state index contributed by atoms with van der Waals surface area (Å²) in [5.41, 5.74) is -2.64. The monoisotopic (exact) mass is 436 g/mol. The van der Waals surface area contributed by atoms with Gasteiger partial charge < -0.3 is 25.2 Å². The zero-order valence-corrected chi connectivity index (χ0v) is 16.5. The zero-order chi connectivity index (χ0) is 19.5. The Morgan fingerprint density at radius 3 is 2.67 bits per heavy atom. The van der Waals surface area contributed by atoms with Crippen LogP contribution in [0.1, 0.15) is 38.2 Å². The minimum atomic E-state index is -1.87. The van der Waals surface area contributed by atoms with Crippen LogP contribution < -0.4 is 4.74 Å². The van der Waals surface area contributed by atoms with E-state index in [1.165, 1.54) is 12.3 Å². The SMILES string of the molecule is CC1(C)C2C(=COc3cc(O)c(Br)cc32)C2(O)C(=O)CC3(O)CC1C2C3O. The quantitative estimate of drug-likeness (QED) is 0.495. The number of phenolic OH excluding ortho intramolecular Hbond substituents is 1. The summed E-state index contributed by atoms with van der Waals surface area (Å²) in [6.45, 7) is 4.07. The summed E-state index contributed by atoms with van der Waals surface area (Å²) in [5, 5.41) is 43.3. The first-order valence-electron chi connectivity index (χ1n) is 9.07. The number of aliphatic hydroxyl groups excluding tert-OH is 1. The fourth-order valence-corrected chi connectivity index (χ4v) is 6.49. The molecule has 6 atom stereocenters. The molecule has 0 spiro atoms. The molecule has 6 unspecified atom stereocenters. The number of hydrogen-bond donors (Lipinski definition) is 4. The Balaban J connectivity index is 1.78. The molecule has 0 amide bonds. The van der Waals surface area contributed by atoms with Gasteiger partial charge in [-0.2, -0.15) is 0 Å². The number of rotatable bonds is 0. The first-order valence-corrected chi connectivity index (χ1v) is 9.87.